The standard InChI is InChI=1S/C16H27NO4/c1-21-12-16(15(19)20)9-10-17(11-16)14(18)8-7-13-5-3-2-4-6-13/h13H,2-12H2,1H3,(H,19,20). The van der Waals surface area contributed by atoms with Gasteiger partial charge in [0.2, 0.25) is 5.91 Å². The van der Waals surface area contributed by atoms with Crippen LogP contribution in [0.25, 0.3) is 0 Å². The molecule has 0 aromatic rings. The smallest absolute Gasteiger partial charge is 0.313 e. The first-order chi connectivity index (χ1) is 10.1. The van der Waals surface area contributed by atoms with Crippen LogP contribution in [-0.2, 0) is 14.3 Å². The molecule has 21 heavy (non-hydrogen) atoms. The third-order valence-corrected chi connectivity index (χ3v) is 5.07. The van der Waals surface area contributed by atoms with E-state index >= 15 is 0 Å². The van der Waals surface area contributed by atoms with Gasteiger partial charge in [0.05, 0.1) is 6.61 Å². The van der Waals surface area contributed by atoms with E-state index in [4.69, 9.17) is 4.74 Å². The molecule has 0 aromatic carbocycles. The highest BCUT2D eigenvalue weighted by atomic mass is 16.5. The highest BCUT2D eigenvalue weighted by Gasteiger charge is 2.46. The normalized spacial score (nSPS) is 27.0. The van der Waals surface area contributed by atoms with Gasteiger partial charge in [0, 0.05) is 26.6 Å². The van der Waals surface area contributed by atoms with Gasteiger partial charge in [-0.1, -0.05) is 32.1 Å². The van der Waals surface area contributed by atoms with Crippen LogP contribution in [0.5, 0.6) is 0 Å². The zero-order valence-corrected chi connectivity index (χ0v) is 13.0. The lowest BCUT2D eigenvalue weighted by molar-refractivity contribution is -0.151. The van der Waals surface area contributed by atoms with Gasteiger partial charge in [-0.25, -0.2) is 0 Å². The molecular formula is C16H27NO4. The number of hydrogen-bond donors (Lipinski definition) is 1. The maximum absolute atomic E-state index is 12.3. The molecule has 0 aromatic heterocycles. The molecule has 1 saturated heterocycles. The van der Waals surface area contributed by atoms with Gasteiger partial charge in [0.1, 0.15) is 5.41 Å². The summed E-state index contributed by atoms with van der Waals surface area (Å²) in [5.41, 5.74) is -0.907. The lowest BCUT2D eigenvalue weighted by Crippen LogP contribution is -2.40. The molecule has 1 aliphatic heterocycles. The molecule has 1 heterocycles. The van der Waals surface area contributed by atoms with Gasteiger partial charge in [-0.3, -0.25) is 9.59 Å². The maximum Gasteiger partial charge on any atom is 0.313 e. The Morgan fingerprint density at radius 1 is 1.29 bits per heavy atom. The van der Waals surface area contributed by atoms with Crippen LogP contribution in [0.3, 0.4) is 0 Å². The molecule has 1 unspecified atom stereocenters. The van der Waals surface area contributed by atoms with Gasteiger partial charge in [0.25, 0.3) is 0 Å². The Balaban J connectivity index is 1.82. The Bertz CT molecular complexity index is 378. The van der Waals surface area contributed by atoms with E-state index in [1.807, 2.05) is 0 Å². The lowest BCUT2D eigenvalue weighted by Gasteiger charge is -2.25. The fraction of sp³-hybridized carbons (Fsp3) is 0.875. The molecule has 120 valence electrons. The van der Waals surface area contributed by atoms with Crippen molar-refractivity contribution in [1.29, 1.82) is 0 Å². The zero-order chi connectivity index (χ0) is 15.3. The molecule has 2 fully saturated rings. The highest BCUT2D eigenvalue weighted by molar-refractivity contribution is 5.80. The quantitative estimate of drug-likeness (QED) is 0.817. The van der Waals surface area contributed by atoms with E-state index in [0.717, 1.165) is 6.42 Å². The third kappa shape index (κ3) is 3.96. The van der Waals surface area contributed by atoms with E-state index in [1.54, 1.807) is 4.90 Å². The van der Waals surface area contributed by atoms with Crippen molar-refractivity contribution in [3.8, 4) is 0 Å². The summed E-state index contributed by atoms with van der Waals surface area (Å²) in [5, 5.41) is 9.41. The molecule has 0 radical (unpaired) electrons. The molecule has 0 bridgehead atoms. The summed E-state index contributed by atoms with van der Waals surface area (Å²) >= 11 is 0. The second-order valence-electron chi connectivity index (χ2n) is 6.63. The fourth-order valence-corrected chi connectivity index (χ4v) is 3.68. The Morgan fingerprint density at radius 3 is 2.62 bits per heavy atom. The van der Waals surface area contributed by atoms with E-state index < -0.39 is 11.4 Å². The van der Waals surface area contributed by atoms with Crippen LogP contribution in [-0.4, -0.2) is 48.7 Å². The van der Waals surface area contributed by atoms with Crippen LogP contribution in [0.15, 0.2) is 0 Å². The summed E-state index contributed by atoms with van der Waals surface area (Å²) in [6, 6.07) is 0. The number of carbonyl (C=O) groups excluding carboxylic acids is 1. The maximum atomic E-state index is 12.3. The average Bonchev–Trinajstić information content (AvgIpc) is 2.92. The number of hydrogen-bond acceptors (Lipinski definition) is 3. The predicted molar refractivity (Wildman–Crippen MR) is 79.0 cm³/mol. The Morgan fingerprint density at radius 2 is 2.00 bits per heavy atom. The largest absolute Gasteiger partial charge is 0.481 e. The topological polar surface area (TPSA) is 66.8 Å². The number of aliphatic carboxylic acids is 1. The molecule has 2 aliphatic rings. The number of rotatable bonds is 6. The van der Waals surface area contributed by atoms with E-state index in [-0.39, 0.29) is 12.5 Å². The fourth-order valence-electron chi connectivity index (χ4n) is 3.68. The van der Waals surface area contributed by atoms with Crippen LogP contribution in [0.2, 0.25) is 0 Å². The van der Waals surface area contributed by atoms with Crippen LogP contribution < -0.4 is 0 Å². The van der Waals surface area contributed by atoms with Gasteiger partial charge >= 0.3 is 5.97 Å². The van der Waals surface area contributed by atoms with Gasteiger partial charge < -0.3 is 14.7 Å². The van der Waals surface area contributed by atoms with Crippen LogP contribution in [0, 0.1) is 11.3 Å². The molecule has 5 heteroatoms. The number of nitrogens with zero attached hydrogens (tertiary/aromatic N) is 1. The molecule has 1 N–H and O–H groups in total. The SMILES string of the molecule is COCC1(C(=O)O)CCN(C(=O)CCC2CCCCC2)C1. The summed E-state index contributed by atoms with van der Waals surface area (Å²) in [7, 11) is 1.51. The van der Waals surface area contributed by atoms with Gasteiger partial charge in [-0.15, -0.1) is 0 Å². The minimum absolute atomic E-state index is 0.111. The van der Waals surface area contributed by atoms with Gasteiger partial charge in [-0.2, -0.15) is 0 Å². The van der Waals surface area contributed by atoms with Crippen molar-refractivity contribution in [2.75, 3.05) is 26.8 Å². The second-order valence-corrected chi connectivity index (χ2v) is 6.63. The van der Waals surface area contributed by atoms with Crippen molar-refractivity contribution >= 4 is 11.9 Å². The van der Waals surface area contributed by atoms with Crippen molar-refractivity contribution in [3.63, 3.8) is 0 Å². The summed E-state index contributed by atoms with van der Waals surface area (Å²) < 4.78 is 5.05. The van der Waals surface area contributed by atoms with E-state index in [1.165, 1.54) is 39.2 Å². The summed E-state index contributed by atoms with van der Waals surface area (Å²) in [6.45, 7) is 1.01. The second kappa shape index (κ2) is 7.25. The molecule has 1 saturated carbocycles. The van der Waals surface area contributed by atoms with Crippen molar-refractivity contribution in [3.05, 3.63) is 0 Å². The van der Waals surface area contributed by atoms with Crippen molar-refractivity contribution < 1.29 is 19.4 Å². The van der Waals surface area contributed by atoms with Gasteiger partial charge in [-0.05, 0) is 18.8 Å². The molecular weight excluding hydrogens is 270 g/mol. The Hall–Kier alpha value is -1.10. The predicted octanol–water partition coefficient (Wildman–Crippen LogP) is 2.30. The number of ether oxygens (including phenoxy) is 1. The highest BCUT2D eigenvalue weighted by Crippen LogP contribution is 2.33. The van der Waals surface area contributed by atoms with Gasteiger partial charge in [0.15, 0.2) is 0 Å². The van der Waals surface area contributed by atoms with Crippen LogP contribution in [0.1, 0.15) is 51.4 Å². The van der Waals surface area contributed by atoms with Crippen molar-refractivity contribution in [2.24, 2.45) is 11.3 Å². The number of carbonyl (C=O) groups is 2. The van der Waals surface area contributed by atoms with E-state index in [2.05, 4.69) is 0 Å². The van der Waals surface area contributed by atoms with Crippen LogP contribution in [0.4, 0.5) is 0 Å². The van der Waals surface area contributed by atoms with Crippen molar-refractivity contribution in [2.45, 2.75) is 51.4 Å². The Labute approximate surface area is 126 Å². The molecule has 1 aliphatic carbocycles. The Kier molecular flexibility index (Phi) is 5.62. The first-order valence-corrected chi connectivity index (χ1v) is 8.07. The number of amides is 1. The van der Waals surface area contributed by atoms with Crippen LogP contribution >= 0.6 is 0 Å². The monoisotopic (exact) mass is 297 g/mol. The lowest BCUT2D eigenvalue weighted by atomic mass is 9.86. The third-order valence-electron chi connectivity index (χ3n) is 5.07. The molecule has 2 rings (SSSR count). The molecule has 1 atom stereocenters. The number of likely N-dealkylation sites (tertiary alicyclic amines) is 1. The number of carboxylic acid groups (broad SMARTS) is 1. The summed E-state index contributed by atoms with van der Waals surface area (Å²) in [5.74, 6) is -0.0553. The minimum Gasteiger partial charge on any atom is -0.481 e. The zero-order valence-electron chi connectivity index (χ0n) is 13.0. The summed E-state index contributed by atoms with van der Waals surface area (Å²) in [4.78, 5) is 25.5. The van der Waals surface area contributed by atoms with E-state index in [0.29, 0.717) is 31.8 Å². The first-order valence-electron chi connectivity index (χ1n) is 8.07. The first kappa shape index (κ1) is 16.3. The number of carboxylic acids is 1. The number of methoxy groups -OCH3 is 1. The molecule has 1 amide bonds. The van der Waals surface area contributed by atoms with Crippen molar-refractivity contribution in [1.82, 2.24) is 4.90 Å². The minimum atomic E-state index is -0.907. The summed E-state index contributed by atoms with van der Waals surface area (Å²) in [6.07, 6.45) is 8.41. The molecule has 5 nitrogen and oxygen atoms in total. The van der Waals surface area contributed by atoms with E-state index in [9.17, 15) is 14.7 Å². The molecule has 0 spiro atoms. The average molecular weight is 297 g/mol.